The molecule has 0 bridgehead atoms. The Bertz CT molecular complexity index is 836. The molecule has 2 aromatic heterocycles. The lowest BCUT2D eigenvalue weighted by atomic mass is 10.0. The van der Waals surface area contributed by atoms with Gasteiger partial charge in [0.15, 0.2) is 0 Å². The van der Waals surface area contributed by atoms with Crippen LogP contribution in [-0.4, -0.2) is 22.3 Å². The summed E-state index contributed by atoms with van der Waals surface area (Å²) in [6.45, 7) is 0. The molecular weight excluding hydrogens is 293 g/mol. The van der Waals surface area contributed by atoms with E-state index >= 15 is 0 Å². The van der Waals surface area contributed by atoms with Crippen LogP contribution < -0.4 is 0 Å². The second-order valence-electron chi connectivity index (χ2n) is 4.58. The van der Waals surface area contributed by atoms with Gasteiger partial charge >= 0.3 is 5.97 Å². The fourth-order valence-electron chi connectivity index (χ4n) is 2.24. The summed E-state index contributed by atoms with van der Waals surface area (Å²) in [5, 5.41) is 11.5. The molecule has 0 spiro atoms. The maximum Gasteiger partial charge on any atom is 0.319 e. The Hall–Kier alpha value is -2.47. The van der Waals surface area contributed by atoms with Crippen molar-refractivity contribution in [1.29, 1.82) is 0 Å². The van der Waals surface area contributed by atoms with Crippen LogP contribution in [0.5, 0.6) is 0 Å². The second kappa shape index (κ2) is 5.14. The average molecular weight is 303 g/mol. The quantitative estimate of drug-likeness (QED) is 0.573. The summed E-state index contributed by atoms with van der Waals surface area (Å²) >= 11 is 1.20. The van der Waals surface area contributed by atoms with Crippen molar-refractivity contribution in [3.63, 3.8) is 0 Å². The molecule has 21 heavy (non-hydrogen) atoms. The third kappa shape index (κ3) is 2.34. The van der Waals surface area contributed by atoms with Crippen molar-refractivity contribution in [2.75, 3.05) is 0 Å². The molecule has 0 aliphatic heterocycles. The van der Waals surface area contributed by atoms with E-state index < -0.39 is 11.9 Å². The van der Waals surface area contributed by atoms with Crippen LogP contribution in [0, 0.1) is 5.82 Å². The summed E-state index contributed by atoms with van der Waals surface area (Å²) in [6, 6.07) is 6.10. The Labute approximate surface area is 122 Å². The number of carbonyl (C=O) groups excluding carboxylic acids is 1. The molecule has 3 aromatic rings. The predicted octanol–water partition coefficient (Wildman–Crippen LogP) is 3.40. The van der Waals surface area contributed by atoms with E-state index in [0.717, 1.165) is 22.0 Å². The highest BCUT2D eigenvalue weighted by Gasteiger charge is 2.21. The number of aliphatic carboxylic acids is 1. The number of halogens is 1. The van der Waals surface area contributed by atoms with Gasteiger partial charge in [-0.05, 0) is 35.2 Å². The van der Waals surface area contributed by atoms with Crippen LogP contribution in [0.15, 0.2) is 35.8 Å². The Morgan fingerprint density at radius 1 is 1.38 bits per heavy atom. The molecule has 106 valence electrons. The van der Waals surface area contributed by atoms with Crippen molar-refractivity contribution in [2.24, 2.45) is 0 Å². The normalized spacial score (nSPS) is 12.4. The number of aromatic nitrogens is 1. The van der Waals surface area contributed by atoms with Crippen molar-refractivity contribution in [3.8, 4) is 11.1 Å². The first-order valence-electron chi connectivity index (χ1n) is 6.13. The van der Waals surface area contributed by atoms with Gasteiger partial charge in [0.05, 0.1) is 0 Å². The summed E-state index contributed by atoms with van der Waals surface area (Å²) in [5.41, 5.74) is 2.34. The van der Waals surface area contributed by atoms with E-state index in [1.165, 1.54) is 23.5 Å². The van der Waals surface area contributed by atoms with Crippen molar-refractivity contribution in [3.05, 3.63) is 46.5 Å². The third-order valence-corrected chi connectivity index (χ3v) is 4.30. The molecule has 2 N–H and O–H groups in total. The van der Waals surface area contributed by atoms with E-state index in [1.807, 2.05) is 0 Å². The highest BCUT2D eigenvalue weighted by molar-refractivity contribution is 7.10. The zero-order valence-electron chi connectivity index (χ0n) is 10.7. The second-order valence-corrected chi connectivity index (χ2v) is 5.52. The molecule has 0 saturated heterocycles. The summed E-state index contributed by atoms with van der Waals surface area (Å²) < 4.78 is 13.4. The Kier molecular flexibility index (Phi) is 3.31. The van der Waals surface area contributed by atoms with E-state index in [1.54, 1.807) is 23.7 Å². The molecule has 0 aliphatic carbocycles. The number of thiophene rings is 1. The van der Waals surface area contributed by atoms with Crippen molar-refractivity contribution in [2.45, 2.75) is 5.92 Å². The smallest absolute Gasteiger partial charge is 0.319 e. The Morgan fingerprint density at radius 3 is 2.90 bits per heavy atom. The summed E-state index contributed by atoms with van der Waals surface area (Å²) in [6.07, 6.45) is 2.15. The van der Waals surface area contributed by atoms with Gasteiger partial charge in [-0.25, -0.2) is 4.39 Å². The van der Waals surface area contributed by atoms with Crippen molar-refractivity contribution >= 4 is 34.5 Å². The Morgan fingerprint density at radius 2 is 2.19 bits per heavy atom. The van der Waals surface area contributed by atoms with Crippen LogP contribution >= 0.6 is 11.3 Å². The third-order valence-electron chi connectivity index (χ3n) is 3.28. The minimum absolute atomic E-state index is 0.338. The lowest BCUT2D eigenvalue weighted by molar-refractivity contribution is -0.140. The molecule has 1 aromatic carbocycles. The van der Waals surface area contributed by atoms with Crippen LogP contribution in [0.3, 0.4) is 0 Å². The number of aldehydes is 1. The molecule has 3 rings (SSSR count). The van der Waals surface area contributed by atoms with Crippen LogP contribution in [0.4, 0.5) is 4.39 Å². The number of carbonyl (C=O) groups is 2. The fourth-order valence-corrected chi connectivity index (χ4v) is 3.19. The van der Waals surface area contributed by atoms with E-state index in [9.17, 15) is 14.0 Å². The molecular formula is C15H10FNO3S. The first-order chi connectivity index (χ1) is 10.1. The van der Waals surface area contributed by atoms with E-state index in [-0.39, 0.29) is 5.82 Å². The maximum absolute atomic E-state index is 13.4. The van der Waals surface area contributed by atoms with E-state index in [0.29, 0.717) is 11.2 Å². The van der Waals surface area contributed by atoms with Gasteiger partial charge in [0.25, 0.3) is 0 Å². The number of carboxylic acid groups (broad SMARTS) is 1. The zero-order valence-corrected chi connectivity index (χ0v) is 11.5. The first kappa shape index (κ1) is 13.5. The standard InChI is InChI=1S/C15H10FNO3S/c16-9-1-2-13-10(4-9)11(5-17-13)8-3-14(21-7-8)12(6-18)15(19)20/h1-7,12,17H,(H,19,20). The zero-order chi connectivity index (χ0) is 15.0. The monoisotopic (exact) mass is 303 g/mol. The lowest BCUT2D eigenvalue weighted by Crippen LogP contribution is -2.10. The topological polar surface area (TPSA) is 70.2 Å². The molecule has 1 atom stereocenters. The van der Waals surface area contributed by atoms with Crippen molar-refractivity contribution < 1.29 is 19.1 Å². The van der Waals surface area contributed by atoms with Gasteiger partial charge in [0, 0.05) is 27.5 Å². The van der Waals surface area contributed by atoms with Gasteiger partial charge < -0.3 is 14.9 Å². The number of benzene rings is 1. The molecule has 0 radical (unpaired) electrons. The number of hydrogen-bond donors (Lipinski definition) is 2. The van der Waals surface area contributed by atoms with Gasteiger partial charge in [0.2, 0.25) is 0 Å². The average Bonchev–Trinajstić information content (AvgIpc) is 3.05. The lowest BCUT2D eigenvalue weighted by Gasteiger charge is -2.00. The number of H-pyrrole nitrogens is 1. The number of hydrogen-bond acceptors (Lipinski definition) is 3. The van der Waals surface area contributed by atoms with Crippen molar-refractivity contribution in [1.82, 2.24) is 4.98 Å². The van der Waals surface area contributed by atoms with Crippen LogP contribution in [0.1, 0.15) is 10.8 Å². The number of fused-ring (bicyclic) bond motifs is 1. The number of nitrogens with one attached hydrogen (secondary N) is 1. The molecule has 0 fully saturated rings. The van der Waals surface area contributed by atoms with Gasteiger partial charge in [-0.15, -0.1) is 11.3 Å². The molecule has 0 saturated carbocycles. The molecule has 1 unspecified atom stereocenters. The molecule has 0 amide bonds. The minimum atomic E-state index is -1.18. The largest absolute Gasteiger partial charge is 0.480 e. The van der Waals surface area contributed by atoms with Gasteiger partial charge in [-0.3, -0.25) is 4.79 Å². The molecule has 0 aliphatic rings. The highest BCUT2D eigenvalue weighted by Crippen LogP contribution is 2.34. The highest BCUT2D eigenvalue weighted by atomic mass is 32.1. The molecule has 6 heteroatoms. The van der Waals surface area contributed by atoms with Gasteiger partial charge in [-0.1, -0.05) is 0 Å². The van der Waals surface area contributed by atoms with Crippen LogP contribution in [-0.2, 0) is 9.59 Å². The van der Waals surface area contributed by atoms with E-state index in [2.05, 4.69) is 4.98 Å². The maximum atomic E-state index is 13.4. The predicted molar refractivity (Wildman–Crippen MR) is 78.0 cm³/mol. The van der Waals surface area contributed by atoms with Gasteiger partial charge in [-0.2, -0.15) is 0 Å². The van der Waals surface area contributed by atoms with E-state index in [4.69, 9.17) is 5.11 Å². The number of rotatable bonds is 4. The fraction of sp³-hybridized carbons (Fsp3) is 0.0667. The minimum Gasteiger partial charge on any atom is -0.480 e. The van der Waals surface area contributed by atoms with Crippen LogP contribution in [0.25, 0.3) is 22.0 Å². The summed E-state index contributed by atoms with van der Waals surface area (Å²) in [5.74, 6) is -2.68. The first-order valence-corrected chi connectivity index (χ1v) is 7.01. The summed E-state index contributed by atoms with van der Waals surface area (Å²) in [7, 11) is 0. The van der Waals surface area contributed by atoms with Crippen LogP contribution in [0.2, 0.25) is 0 Å². The number of aromatic amines is 1. The molecule has 4 nitrogen and oxygen atoms in total. The SMILES string of the molecule is O=CC(C(=O)O)c1cc(-c2c[nH]c3ccc(F)cc23)cs1. The Balaban J connectivity index is 2.08. The van der Waals surface area contributed by atoms with Gasteiger partial charge in [0.1, 0.15) is 18.0 Å². The summed E-state index contributed by atoms with van der Waals surface area (Å²) in [4.78, 5) is 25.4. The number of carboxylic acids is 1. The molecule has 2 heterocycles.